The highest BCUT2D eigenvalue weighted by Gasteiger charge is 2.19. The van der Waals surface area contributed by atoms with Crippen LogP contribution in [0, 0.1) is 45.3 Å². The molecule has 0 saturated heterocycles. The van der Waals surface area contributed by atoms with Gasteiger partial charge >= 0.3 is 0 Å². The van der Waals surface area contributed by atoms with Gasteiger partial charge in [-0.1, -0.05) is 84.9 Å². The predicted octanol–water partition coefficient (Wildman–Crippen LogP) is 10.9. The molecule has 0 N–H and O–H groups in total. The third-order valence-electron chi connectivity index (χ3n) is 9.26. The van der Waals surface area contributed by atoms with Crippen molar-refractivity contribution in [1.29, 1.82) is 21.0 Å². The van der Waals surface area contributed by atoms with Gasteiger partial charge in [0.15, 0.2) is 0 Å². The van der Waals surface area contributed by atoms with E-state index >= 15 is 0 Å². The lowest BCUT2D eigenvalue weighted by Gasteiger charge is -2.17. The molecule has 7 aromatic carbocycles. The summed E-state index contributed by atoms with van der Waals surface area (Å²) in [7, 11) is 0. The average molecular weight is 648 g/mol. The summed E-state index contributed by atoms with van der Waals surface area (Å²) in [4.78, 5) is 0. The highest BCUT2D eigenvalue weighted by molar-refractivity contribution is 6.12. The summed E-state index contributed by atoms with van der Waals surface area (Å²) in [5.41, 5.74) is 12.4. The van der Waals surface area contributed by atoms with Crippen molar-refractivity contribution in [2.24, 2.45) is 0 Å². The molecular formula is C46H25N5. The van der Waals surface area contributed by atoms with Gasteiger partial charge in [-0.2, -0.15) is 21.0 Å². The van der Waals surface area contributed by atoms with Gasteiger partial charge in [-0.05, 0) is 106 Å². The van der Waals surface area contributed by atoms with Crippen LogP contribution in [0.15, 0.2) is 152 Å². The number of hydrogen-bond donors (Lipinski definition) is 0. The molecule has 0 aliphatic carbocycles. The summed E-state index contributed by atoms with van der Waals surface area (Å²) >= 11 is 0. The van der Waals surface area contributed by atoms with Gasteiger partial charge in [0.1, 0.15) is 0 Å². The SMILES string of the molecule is N#Cc1cc(C#N)cc(-c2ccc3c(c2)c2cc(-c4cc(C#N)cc(C#N)c4)ccc2n3-c2ccccc2-c2ccccc2-c2ccccc2)c1. The lowest BCUT2D eigenvalue weighted by molar-refractivity contribution is 1.18. The Morgan fingerprint density at radius 1 is 0.333 bits per heavy atom. The molecule has 0 spiro atoms. The fourth-order valence-electron chi connectivity index (χ4n) is 6.97. The summed E-state index contributed by atoms with van der Waals surface area (Å²) in [6.07, 6.45) is 0. The second-order valence-corrected chi connectivity index (χ2v) is 12.3. The standard InChI is InChI=1S/C46H25N5/c47-26-30-18-31(27-48)21-37(20-30)35-14-16-45-42(24-35)43-25-36(38-22-32(28-49)19-33(23-38)29-50)15-17-46(43)51(45)44-13-7-6-12-41(44)40-11-5-4-10-39(40)34-8-2-1-3-9-34/h1-25H. The first-order valence-electron chi connectivity index (χ1n) is 16.3. The fourth-order valence-corrected chi connectivity index (χ4v) is 6.97. The van der Waals surface area contributed by atoms with Gasteiger partial charge < -0.3 is 4.57 Å². The minimum Gasteiger partial charge on any atom is -0.309 e. The third kappa shape index (κ3) is 5.45. The zero-order chi connectivity index (χ0) is 34.9. The summed E-state index contributed by atoms with van der Waals surface area (Å²) in [5, 5.41) is 40.7. The molecule has 5 heteroatoms. The van der Waals surface area contributed by atoms with Gasteiger partial charge in [0, 0.05) is 16.3 Å². The highest BCUT2D eigenvalue weighted by atomic mass is 15.0. The Labute approximate surface area is 295 Å². The van der Waals surface area contributed by atoms with Crippen molar-refractivity contribution in [3.8, 4) is 74.5 Å². The van der Waals surface area contributed by atoms with Crippen molar-refractivity contribution in [1.82, 2.24) is 4.57 Å². The number of nitriles is 4. The number of para-hydroxylation sites is 1. The third-order valence-corrected chi connectivity index (χ3v) is 9.26. The predicted molar refractivity (Wildman–Crippen MR) is 201 cm³/mol. The van der Waals surface area contributed by atoms with Gasteiger partial charge in [-0.3, -0.25) is 0 Å². The maximum Gasteiger partial charge on any atom is 0.0992 e. The molecule has 0 aliphatic rings. The molecule has 8 rings (SSSR count). The van der Waals surface area contributed by atoms with E-state index in [1.54, 1.807) is 36.4 Å². The van der Waals surface area contributed by atoms with Crippen molar-refractivity contribution >= 4 is 21.8 Å². The molecule has 0 saturated carbocycles. The summed E-state index contributed by atoms with van der Waals surface area (Å²) < 4.78 is 2.29. The van der Waals surface area contributed by atoms with Gasteiger partial charge in [0.05, 0.1) is 63.3 Å². The van der Waals surface area contributed by atoms with E-state index in [1.807, 2.05) is 18.2 Å². The van der Waals surface area contributed by atoms with Crippen LogP contribution in [0.3, 0.4) is 0 Å². The van der Waals surface area contributed by atoms with E-state index in [0.717, 1.165) is 72.0 Å². The van der Waals surface area contributed by atoms with Crippen molar-refractivity contribution in [2.45, 2.75) is 0 Å². The molecular weight excluding hydrogens is 623 g/mol. The number of hydrogen-bond acceptors (Lipinski definition) is 4. The zero-order valence-electron chi connectivity index (χ0n) is 27.2. The number of fused-ring (bicyclic) bond motifs is 3. The second-order valence-electron chi connectivity index (χ2n) is 12.3. The van der Waals surface area contributed by atoms with Crippen LogP contribution in [0.1, 0.15) is 22.3 Å². The van der Waals surface area contributed by atoms with Gasteiger partial charge in [0.25, 0.3) is 0 Å². The van der Waals surface area contributed by atoms with E-state index in [0.29, 0.717) is 22.3 Å². The van der Waals surface area contributed by atoms with Crippen LogP contribution in [0.25, 0.3) is 72.0 Å². The first-order chi connectivity index (χ1) is 25.1. The second kappa shape index (κ2) is 12.7. The molecule has 0 amide bonds. The number of benzene rings is 7. The van der Waals surface area contributed by atoms with Crippen LogP contribution in [0.2, 0.25) is 0 Å². The summed E-state index contributed by atoms with van der Waals surface area (Å²) in [5.74, 6) is 0. The number of rotatable bonds is 5. The molecule has 0 atom stereocenters. The Hall–Kier alpha value is -7.70. The Morgan fingerprint density at radius 3 is 1.25 bits per heavy atom. The van der Waals surface area contributed by atoms with E-state index in [4.69, 9.17) is 0 Å². The molecule has 0 bridgehead atoms. The van der Waals surface area contributed by atoms with Gasteiger partial charge in [-0.25, -0.2) is 0 Å². The minimum absolute atomic E-state index is 0.422. The molecule has 0 unspecified atom stereocenters. The monoisotopic (exact) mass is 647 g/mol. The first kappa shape index (κ1) is 30.6. The minimum atomic E-state index is 0.422. The molecule has 8 aromatic rings. The summed E-state index contributed by atoms with van der Waals surface area (Å²) in [6, 6.07) is 58.9. The Kier molecular flexibility index (Phi) is 7.64. The molecule has 5 nitrogen and oxygen atoms in total. The molecule has 1 heterocycles. The van der Waals surface area contributed by atoms with Gasteiger partial charge in [-0.15, -0.1) is 0 Å². The largest absolute Gasteiger partial charge is 0.309 e. The van der Waals surface area contributed by atoms with Crippen molar-refractivity contribution in [3.63, 3.8) is 0 Å². The lowest BCUT2D eigenvalue weighted by atomic mass is 9.93. The molecule has 0 fully saturated rings. The maximum absolute atomic E-state index is 9.69. The average Bonchev–Trinajstić information content (AvgIpc) is 3.53. The first-order valence-corrected chi connectivity index (χ1v) is 16.3. The number of aromatic nitrogens is 1. The normalized spacial score (nSPS) is 10.7. The Balaban J connectivity index is 1.42. The smallest absolute Gasteiger partial charge is 0.0992 e. The van der Waals surface area contributed by atoms with Crippen LogP contribution >= 0.6 is 0 Å². The fraction of sp³-hybridized carbons (Fsp3) is 0. The lowest BCUT2D eigenvalue weighted by Crippen LogP contribution is -1.98. The van der Waals surface area contributed by atoms with Crippen LogP contribution in [-0.4, -0.2) is 4.57 Å². The van der Waals surface area contributed by atoms with E-state index in [9.17, 15) is 21.0 Å². The zero-order valence-corrected chi connectivity index (χ0v) is 27.2. The molecule has 51 heavy (non-hydrogen) atoms. The topological polar surface area (TPSA) is 100 Å². The van der Waals surface area contributed by atoms with Crippen LogP contribution in [0.4, 0.5) is 0 Å². The van der Waals surface area contributed by atoms with Crippen LogP contribution < -0.4 is 0 Å². The van der Waals surface area contributed by atoms with Crippen molar-refractivity contribution in [3.05, 3.63) is 174 Å². The Bertz CT molecular complexity index is 2650. The quantitative estimate of drug-likeness (QED) is 0.185. The number of nitrogens with zero attached hydrogens (tertiary/aromatic N) is 5. The molecule has 0 aliphatic heterocycles. The molecule has 234 valence electrons. The van der Waals surface area contributed by atoms with E-state index < -0.39 is 0 Å². The molecule has 1 aromatic heterocycles. The van der Waals surface area contributed by atoms with E-state index in [2.05, 4.69) is 126 Å². The molecule has 0 radical (unpaired) electrons. The van der Waals surface area contributed by atoms with E-state index in [1.165, 1.54) is 0 Å². The van der Waals surface area contributed by atoms with Crippen molar-refractivity contribution < 1.29 is 0 Å². The van der Waals surface area contributed by atoms with Crippen LogP contribution in [0.5, 0.6) is 0 Å². The summed E-state index contributed by atoms with van der Waals surface area (Å²) in [6.45, 7) is 0. The van der Waals surface area contributed by atoms with Crippen LogP contribution in [-0.2, 0) is 0 Å². The van der Waals surface area contributed by atoms with Crippen molar-refractivity contribution in [2.75, 3.05) is 0 Å². The van der Waals surface area contributed by atoms with E-state index in [-0.39, 0.29) is 0 Å². The highest BCUT2D eigenvalue weighted by Crippen LogP contribution is 2.41. The Morgan fingerprint density at radius 2 is 0.765 bits per heavy atom. The maximum atomic E-state index is 9.69. The van der Waals surface area contributed by atoms with Gasteiger partial charge in [0.2, 0.25) is 0 Å².